The monoisotopic (exact) mass is 530 g/mol. The minimum Gasteiger partial charge on any atom is -0.473 e. The molecule has 0 saturated carbocycles. The molecular formula is C24H27ClN6O4S. The van der Waals surface area contributed by atoms with E-state index in [1.807, 2.05) is 6.07 Å². The molecule has 0 atom stereocenters. The molecule has 0 spiro atoms. The fraction of sp³-hybridized carbons (Fsp3) is 0.458. The van der Waals surface area contributed by atoms with Gasteiger partial charge in [0.25, 0.3) is 17.6 Å². The van der Waals surface area contributed by atoms with Crippen molar-refractivity contribution in [1.29, 1.82) is 0 Å². The summed E-state index contributed by atoms with van der Waals surface area (Å²) in [6.45, 7) is 7.15. The third kappa shape index (κ3) is 5.37. The van der Waals surface area contributed by atoms with E-state index in [-0.39, 0.29) is 35.8 Å². The molecular weight excluding hydrogens is 504 g/mol. The first kappa shape index (κ1) is 24.7. The van der Waals surface area contributed by atoms with E-state index in [0.29, 0.717) is 35.0 Å². The van der Waals surface area contributed by atoms with Crippen LogP contribution in [0.25, 0.3) is 10.6 Å². The summed E-state index contributed by atoms with van der Waals surface area (Å²) in [4.78, 5) is 33.5. The summed E-state index contributed by atoms with van der Waals surface area (Å²) in [5.41, 5.74) is 0.932. The zero-order chi connectivity index (χ0) is 25.2. The van der Waals surface area contributed by atoms with Crippen LogP contribution in [0.4, 0.5) is 0 Å². The Labute approximate surface area is 217 Å². The lowest BCUT2D eigenvalue weighted by molar-refractivity contribution is 0.0890. The van der Waals surface area contributed by atoms with Gasteiger partial charge in [-0.25, -0.2) is 4.99 Å². The molecule has 2 aliphatic heterocycles. The van der Waals surface area contributed by atoms with Gasteiger partial charge in [0, 0.05) is 37.3 Å². The maximum Gasteiger partial charge on any atom is 0.269 e. The number of rotatable bonds is 8. The first-order valence-electron chi connectivity index (χ1n) is 11.9. The van der Waals surface area contributed by atoms with E-state index in [1.165, 1.54) is 22.1 Å². The highest BCUT2D eigenvalue weighted by Gasteiger charge is 2.28. The highest BCUT2D eigenvalue weighted by atomic mass is 35.5. The zero-order valence-corrected chi connectivity index (χ0v) is 21.6. The lowest BCUT2D eigenvalue weighted by atomic mass is 10.0. The summed E-state index contributed by atoms with van der Waals surface area (Å²) in [5.74, 6) is -0.139. The van der Waals surface area contributed by atoms with Crippen molar-refractivity contribution in [2.24, 2.45) is 4.99 Å². The van der Waals surface area contributed by atoms with Crippen LogP contribution in [-0.2, 0) is 11.3 Å². The number of hydrogen-bond acceptors (Lipinski definition) is 9. The van der Waals surface area contributed by atoms with E-state index in [0.717, 1.165) is 30.8 Å². The van der Waals surface area contributed by atoms with E-state index < -0.39 is 5.78 Å². The first-order valence-corrected chi connectivity index (χ1v) is 13.1. The number of likely N-dealkylation sites (tertiary alicyclic amines) is 1. The number of halogens is 1. The van der Waals surface area contributed by atoms with Crippen LogP contribution in [0.2, 0.25) is 4.34 Å². The number of ketones is 1. The van der Waals surface area contributed by atoms with Gasteiger partial charge in [0.1, 0.15) is 23.7 Å². The molecule has 1 amide bonds. The number of nitrogens with one attached hydrogen (secondary N) is 1. The smallest absolute Gasteiger partial charge is 0.269 e. The molecule has 0 unspecified atom stereocenters. The average molecular weight is 531 g/mol. The third-order valence-electron chi connectivity index (χ3n) is 6.31. The van der Waals surface area contributed by atoms with Gasteiger partial charge in [-0.05, 0) is 38.8 Å². The predicted molar refractivity (Wildman–Crippen MR) is 136 cm³/mol. The van der Waals surface area contributed by atoms with Gasteiger partial charge < -0.3 is 19.5 Å². The van der Waals surface area contributed by atoms with Crippen molar-refractivity contribution in [2.45, 2.75) is 45.3 Å². The number of ether oxygens (including phenoxy) is 1. The van der Waals surface area contributed by atoms with Crippen LogP contribution in [0.5, 0.6) is 0 Å². The summed E-state index contributed by atoms with van der Waals surface area (Å²) in [6.07, 6.45) is 1.73. The molecule has 3 aromatic heterocycles. The molecule has 0 bridgehead atoms. The number of aromatic nitrogens is 3. The van der Waals surface area contributed by atoms with Crippen LogP contribution in [0.3, 0.4) is 0 Å². The van der Waals surface area contributed by atoms with Crippen LogP contribution in [0.1, 0.15) is 53.4 Å². The molecule has 1 N–H and O–H groups in total. The Hall–Kier alpha value is -3.02. The van der Waals surface area contributed by atoms with Gasteiger partial charge in [-0.15, -0.1) is 11.3 Å². The Morgan fingerprint density at radius 1 is 1.25 bits per heavy atom. The zero-order valence-electron chi connectivity index (χ0n) is 20.1. The van der Waals surface area contributed by atoms with E-state index in [9.17, 15) is 9.59 Å². The number of aliphatic imine (C=N–C) groups is 1. The summed E-state index contributed by atoms with van der Waals surface area (Å²) in [5, 5.41) is 11.7. The molecule has 5 rings (SSSR count). The van der Waals surface area contributed by atoms with Crippen molar-refractivity contribution in [3.63, 3.8) is 0 Å². The second-order valence-corrected chi connectivity index (χ2v) is 10.8. The molecule has 1 fully saturated rings. The third-order valence-corrected chi connectivity index (χ3v) is 7.55. The lowest BCUT2D eigenvalue weighted by Gasteiger charge is -2.34. The molecule has 0 radical (unpaired) electrons. The largest absolute Gasteiger partial charge is 0.473 e. The number of carbonyl (C=O) groups is 2. The molecule has 0 aliphatic carbocycles. The summed E-state index contributed by atoms with van der Waals surface area (Å²) in [7, 11) is 0. The molecule has 190 valence electrons. The number of carbonyl (C=O) groups excluding carboxylic acids is 2. The van der Waals surface area contributed by atoms with Gasteiger partial charge in [0.05, 0.1) is 22.3 Å². The molecule has 1 saturated heterocycles. The normalized spacial score (nSPS) is 16.8. The summed E-state index contributed by atoms with van der Waals surface area (Å²) in [6, 6.07) is 7.45. The molecule has 36 heavy (non-hydrogen) atoms. The van der Waals surface area contributed by atoms with Crippen molar-refractivity contribution in [2.75, 3.05) is 26.2 Å². The quantitative estimate of drug-likeness (QED) is 0.443. The lowest BCUT2D eigenvalue weighted by Crippen LogP contribution is -2.46. The number of nitrogens with zero attached hydrogens (tertiary/aromatic N) is 5. The fourth-order valence-electron chi connectivity index (χ4n) is 4.34. The molecule has 12 heteroatoms. The summed E-state index contributed by atoms with van der Waals surface area (Å²) < 4.78 is 12.9. The standard InChI is InChI=1S/C24H27ClN6O4S/c1-14(2)30-8-5-15(6-9-30)27-23(33)18-12-17(22(32)24-26-7-10-34-24)28-31(18)13-16-11-19(35-29-16)20-3-4-21(25)36-20/h3-4,11-12,14-15H,5-10,13H2,1-2H3,(H,27,33). The minimum atomic E-state index is -0.445. The maximum atomic E-state index is 13.3. The average Bonchev–Trinajstić information content (AvgIpc) is 3.66. The number of Topliss-reactive ketones (excluding diaryl/α,β-unsaturated/α-hetero) is 1. The maximum absolute atomic E-state index is 13.3. The van der Waals surface area contributed by atoms with Crippen LogP contribution >= 0.6 is 22.9 Å². The van der Waals surface area contributed by atoms with Gasteiger partial charge in [0.2, 0.25) is 0 Å². The Bertz CT molecular complexity index is 1290. The highest BCUT2D eigenvalue weighted by Crippen LogP contribution is 2.31. The number of piperidine rings is 1. The predicted octanol–water partition coefficient (Wildman–Crippen LogP) is 3.52. The van der Waals surface area contributed by atoms with Crippen molar-refractivity contribution < 1.29 is 18.8 Å². The summed E-state index contributed by atoms with van der Waals surface area (Å²) >= 11 is 7.42. The number of amides is 1. The Morgan fingerprint density at radius 2 is 2.06 bits per heavy atom. The Balaban J connectivity index is 1.36. The van der Waals surface area contributed by atoms with Gasteiger partial charge in [-0.1, -0.05) is 16.8 Å². The van der Waals surface area contributed by atoms with Crippen LogP contribution in [-0.4, -0.2) is 75.8 Å². The number of thiophene rings is 1. The Morgan fingerprint density at radius 3 is 2.72 bits per heavy atom. The first-order chi connectivity index (χ1) is 17.4. The topological polar surface area (TPSA) is 115 Å². The fourth-order valence-corrected chi connectivity index (χ4v) is 5.33. The van der Waals surface area contributed by atoms with Crippen molar-refractivity contribution in [3.05, 3.63) is 45.7 Å². The van der Waals surface area contributed by atoms with Gasteiger partial charge in [0.15, 0.2) is 5.76 Å². The number of hydrogen-bond donors (Lipinski definition) is 1. The van der Waals surface area contributed by atoms with E-state index in [1.54, 1.807) is 12.1 Å². The van der Waals surface area contributed by atoms with Crippen molar-refractivity contribution >= 4 is 40.5 Å². The molecule has 0 aromatic carbocycles. The van der Waals surface area contributed by atoms with Crippen LogP contribution in [0, 0.1) is 0 Å². The second-order valence-electron chi connectivity index (χ2n) is 9.10. The SMILES string of the molecule is CC(C)N1CCC(NC(=O)c2cc(C(=O)C3=NCCO3)nn2Cc2cc(-c3ccc(Cl)s3)on2)CC1. The Kier molecular flexibility index (Phi) is 7.22. The molecule has 3 aromatic rings. The van der Waals surface area contributed by atoms with Gasteiger partial charge in [-0.2, -0.15) is 5.10 Å². The molecule has 2 aliphatic rings. The highest BCUT2D eigenvalue weighted by molar-refractivity contribution is 7.19. The van der Waals surface area contributed by atoms with Crippen molar-refractivity contribution in [1.82, 2.24) is 25.2 Å². The molecule has 10 nitrogen and oxygen atoms in total. The van der Waals surface area contributed by atoms with Crippen LogP contribution < -0.4 is 5.32 Å². The van der Waals surface area contributed by atoms with Crippen LogP contribution in [0.15, 0.2) is 33.8 Å². The van der Waals surface area contributed by atoms with Gasteiger partial charge >= 0.3 is 0 Å². The van der Waals surface area contributed by atoms with E-state index >= 15 is 0 Å². The molecule has 5 heterocycles. The van der Waals surface area contributed by atoms with Crippen molar-refractivity contribution in [3.8, 4) is 10.6 Å². The second kappa shape index (κ2) is 10.5. The minimum absolute atomic E-state index is 0.0194. The van der Waals surface area contributed by atoms with E-state index in [4.69, 9.17) is 20.9 Å². The van der Waals surface area contributed by atoms with E-state index in [2.05, 4.69) is 39.3 Å². The van der Waals surface area contributed by atoms with Gasteiger partial charge in [-0.3, -0.25) is 14.3 Å².